The number of benzene rings is 1. The summed E-state index contributed by atoms with van der Waals surface area (Å²) in [6.45, 7) is 2.06. The van der Waals surface area contributed by atoms with E-state index in [4.69, 9.17) is 10.3 Å². The molecular formula is C15H20N2O. The molecule has 3 nitrogen and oxygen atoms in total. The second kappa shape index (κ2) is 6.24. The summed E-state index contributed by atoms with van der Waals surface area (Å²) in [6, 6.07) is 9.49. The predicted molar refractivity (Wildman–Crippen MR) is 73.1 cm³/mol. The molecule has 1 aliphatic carbocycles. The molecule has 1 aromatic carbocycles. The number of nitrogens with two attached hydrogens (primary N) is 1. The Morgan fingerprint density at radius 3 is 2.39 bits per heavy atom. The molecule has 1 aromatic heterocycles. The van der Waals surface area contributed by atoms with E-state index < -0.39 is 0 Å². The molecule has 0 bridgehead atoms. The number of aromatic nitrogens is 1. The molecule has 0 saturated heterocycles. The molecule has 0 spiro atoms. The van der Waals surface area contributed by atoms with E-state index in [9.17, 15) is 0 Å². The molecule has 3 heteroatoms. The minimum absolute atomic E-state index is 0.822. The van der Waals surface area contributed by atoms with Crippen molar-refractivity contribution in [3.8, 4) is 0 Å². The van der Waals surface area contributed by atoms with Crippen LogP contribution in [-0.4, -0.2) is 5.16 Å². The first kappa shape index (κ1) is 12.7. The number of hydrogen-bond donors (Lipinski definition) is 1. The molecule has 96 valence electrons. The lowest BCUT2D eigenvalue weighted by atomic mass is 9.82. The number of anilines is 1. The number of nitrogen functional groups attached to an aromatic ring is 1. The van der Waals surface area contributed by atoms with Gasteiger partial charge in [0.1, 0.15) is 6.26 Å². The fraction of sp³-hybridized carbons (Fsp3) is 0.400. The normalized spacial score (nSPS) is 14.5. The Morgan fingerprint density at radius 2 is 2.00 bits per heavy atom. The average molecular weight is 244 g/mol. The van der Waals surface area contributed by atoms with Crippen molar-refractivity contribution >= 4 is 5.69 Å². The van der Waals surface area contributed by atoms with Crippen LogP contribution >= 0.6 is 0 Å². The van der Waals surface area contributed by atoms with Crippen LogP contribution in [0.4, 0.5) is 5.69 Å². The number of aryl methyl sites for hydroxylation is 1. The molecule has 1 heterocycles. The van der Waals surface area contributed by atoms with Crippen LogP contribution in [0.3, 0.4) is 0 Å². The second-order valence-electron chi connectivity index (χ2n) is 4.86. The van der Waals surface area contributed by atoms with Crippen molar-refractivity contribution in [2.24, 2.45) is 5.92 Å². The van der Waals surface area contributed by atoms with E-state index in [0.29, 0.717) is 0 Å². The van der Waals surface area contributed by atoms with Crippen molar-refractivity contribution in [2.45, 2.75) is 32.6 Å². The Labute approximate surface area is 108 Å². The summed E-state index contributed by atoms with van der Waals surface area (Å²) >= 11 is 0. The third kappa shape index (κ3) is 3.62. The quantitative estimate of drug-likeness (QED) is 0.821. The molecule has 18 heavy (non-hydrogen) atoms. The molecule has 2 N–H and O–H groups in total. The van der Waals surface area contributed by atoms with Gasteiger partial charge in [0.2, 0.25) is 0 Å². The van der Waals surface area contributed by atoms with E-state index in [1.54, 1.807) is 6.26 Å². The van der Waals surface area contributed by atoms with Crippen LogP contribution in [-0.2, 0) is 6.42 Å². The molecule has 0 aliphatic heterocycles. The maximum atomic E-state index is 5.36. The Balaban J connectivity index is 0.000000149. The van der Waals surface area contributed by atoms with Crippen LogP contribution < -0.4 is 5.73 Å². The molecule has 1 fully saturated rings. The lowest BCUT2D eigenvalue weighted by Crippen LogP contribution is -2.14. The fourth-order valence-corrected chi connectivity index (χ4v) is 1.93. The summed E-state index contributed by atoms with van der Waals surface area (Å²) in [7, 11) is 0. The molecule has 0 amide bonds. The van der Waals surface area contributed by atoms with Gasteiger partial charge in [0, 0.05) is 11.3 Å². The number of nitrogens with zero attached hydrogens (tertiary/aromatic N) is 1. The standard InChI is InChI=1S/C9H13NO.C6H7N/c1-7-6-11-10-9(7)5-8-3-2-4-8;7-6-4-2-1-3-5-6/h6,8H,2-5H2,1H3;1-5H,7H2. The summed E-state index contributed by atoms with van der Waals surface area (Å²) < 4.78 is 4.86. The maximum Gasteiger partial charge on any atom is 0.126 e. The smallest absolute Gasteiger partial charge is 0.126 e. The van der Waals surface area contributed by atoms with Gasteiger partial charge in [-0.15, -0.1) is 0 Å². The number of hydrogen-bond acceptors (Lipinski definition) is 3. The summed E-state index contributed by atoms with van der Waals surface area (Å²) in [6.07, 6.45) is 7.02. The van der Waals surface area contributed by atoms with E-state index in [1.165, 1.54) is 24.8 Å². The maximum absolute atomic E-state index is 5.36. The highest BCUT2D eigenvalue weighted by atomic mass is 16.5. The summed E-state index contributed by atoms with van der Waals surface area (Å²) in [5, 5.41) is 3.96. The Hall–Kier alpha value is -1.77. The molecule has 1 aliphatic rings. The van der Waals surface area contributed by atoms with Crippen molar-refractivity contribution in [3.05, 3.63) is 47.9 Å². The van der Waals surface area contributed by atoms with E-state index in [2.05, 4.69) is 12.1 Å². The van der Waals surface area contributed by atoms with Gasteiger partial charge in [-0.1, -0.05) is 42.6 Å². The zero-order valence-corrected chi connectivity index (χ0v) is 10.8. The van der Waals surface area contributed by atoms with Crippen LogP contribution in [0.2, 0.25) is 0 Å². The van der Waals surface area contributed by atoms with E-state index in [0.717, 1.165) is 23.7 Å². The molecule has 0 unspecified atom stereocenters. The minimum Gasteiger partial charge on any atom is -0.399 e. The minimum atomic E-state index is 0.822. The topological polar surface area (TPSA) is 52.0 Å². The zero-order chi connectivity index (χ0) is 12.8. The highest BCUT2D eigenvalue weighted by Gasteiger charge is 2.19. The Bertz CT molecular complexity index is 460. The second-order valence-corrected chi connectivity index (χ2v) is 4.86. The van der Waals surface area contributed by atoms with Gasteiger partial charge in [0.15, 0.2) is 0 Å². The summed E-state index contributed by atoms with van der Waals surface area (Å²) in [4.78, 5) is 0. The summed E-state index contributed by atoms with van der Waals surface area (Å²) in [5.74, 6) is 0.888. The Kier molecular flexibility index (Phi) is 4.40. The fourth-order valence-electron chi connectivity index (χ4n) is 1.93. The van der Waals surface area contributed by atoms with Crippen LogP contribution in [0.15, 0.2) is 41.1 Å². The Morgan fingerprint density at radius 1 is 1.28 bits per heavy atom. The molecule has 0 atom stereocenters. The van der Waals surface area contributed by atoms with Crippen molar-refractivity contribution in [2.75, 3.05) is 5.73 Å². The third-order valence-electron chi connectivity index (χ3n) is 3.35. The van der Waals surface area contributed by atoms with E-state index in [1.807, 2.05) is 30.3 Å². The van der Waals surface area contributed by atoms with Crippen molar-refractivity contribution in [1.29, 1.82) is 0 Å². The van der Waals surface area contributed by atoms with Gasteiger partial charge in [0.05, 0.1) is 5.69 Å². The van der Waals surface area contributed by atoms with Gasteiger partial charge < -0.3 is 10.3 Å². The molecular weight excluding hydrogens is 224 g/mol. The largest absolute Gasteiger partial charge is 0.399 e. The lowest BCUT2D eigenvalue weighted by Gasteiger charge is -2.24. The van der Waals surface area contributed by atoms with Crippen molar-refractivity contribution in [1.82, 2.24) is 5.16 Å². The highest BCUT2D eigenvalue weighted by molar-refractivity contribution is 5.35. The number of para-hydroxylation sites is 1. The third-order valence-corrected chi connectivity index (χ3v) is 3.35. The zero-order valence-electron chi connectivity index (χ0n) is 10.8. The van der Waals surface area contributed by atoms with Gasteiger partial charge in [-0.05, 0) is 31.4 Å². The predicted octanol–water partition coefficient (Wildman–Crippen LogP) is 3.59. The van der Waals surface area contributed by atoms with Gasteiger partial charge in [-0.2, -0.15) is 0 Å². The van der Waals surface area contributed by atoms with Crippen LogP contribution in [0.25, 0.3) is 0 Å². The van der Waals surface area contributed by atoms with Gasteiger partial charge in [-0.3, -0.25) is 0 Å². The van der Waals surface area contributed by atoms with Crippen LogP contribution in [0.5, 0.6) is 0 Å². The molecule has 2 aromatic rings. The molecule has 0 radical (unpaired) electrons. The summed E-state index contributed by atoms with van der Waals surface area (Å²) in [5.41, 5.74) is 8.55. The van der Waals surface area contributed by atoms with Crippen molar-refractivity contribution in [3.63, 3.8) is 0 Å². The van der Waals surface area contributed by atoms with Crippen molar-refractivity contribution < 1.29 is 4.52 Å². The van der Waals surface area contributed by atoms with E-state index in [-0.39, 0.29) is 0 Å². The molecule has 1 saturated carbocycles. The van der Waals surface area contributed by atoms with Crippen LogP contribution in [0.1, 0.15) is 30.5 Å². The lowest BCUT2D eigenvalue weighted by molar-refractivity contribution is 0.304. The van der Waals surface area contributed by atoms with Crippen LogP contribution in [0, 0.1) is 12.8 Å². The highest BCUT2D eigenvalue weighted by Crippen LogP contribution is 2.29. The average Bonchev–Trinajstić information content (AvgIpc) is 2.71. The first-order valence-corrected chi connectivity index (χ1v) is 6.46. The van der Waals surface area contributed by atoms with E-state index >= 15 is 0 Å². The van der Waals surface area contributed by atoms with Gasteiger partial charge in [0.25, 0.3) is 0 Å². The monoisotopic (exact) mass is 244 g/mol. The van der Waals surface area contributed by atoms with Gasteiger partial charge >= 0.3 is 0 Å². The van der Waals surface area contributed by atoms with Gasteiger partial charge in [-0.25, -0.2) is 0 Å². The first-order chi connectivity index (χ1) is 8.75. The molecule has 3 rings (SSSR count). The number of rotatable bonds is 2. The SMILES string of the molecule is Cc1conc1CC1CCC1.Nc1ccccc1. The first-order valence-electron chi connectivity index (χ1n) is 6.46.